The predicted molar refractivity (Wildman–Crippen MR) is 112 cm³/mol. The van der Waals surface area contributed by atoms with Crippen LogP contribution in [-0.4, -0.2) is 45.3 Å². The number of nitrogens with one attached hydrogen (secondary N) is 2. The Balaban J connectivity index is 2.42. The highest BCUT2D eigenvalue weighted by Crippen LogP contribution is 2.32. The van der Waals surface area contributed by atoms with Gasteiger partial charge < -0.3 is 24.8 Å². The maximum absolute atomic E-state index is 12.8. The molecule has 0 atom stereocenters. The lowest BCUT2D eigenvalue weighted by molar-refractivity contribution is -0.143. The van der Waals surface area contributed by atoms with E-state index in [1.54, 1.807) is 39.1 Å². The molecular weight excluding hydrogens is 396 g/mol. The number of nitrogens with zero attached hydrogens (tertiary/aromatic N) is 1. The van der Waals surface area contributed by atoms with E-state index in [1.807, 2.05) is 0 Å². The number of para-hydroxylation sites is 1. The van der Waals surface area contributed by atoms with Crippen molar-refractivity contribution in [3.63, 3.8) is 0 Å². The molecule has 0 spiro atoms. The number of aliphatic imine (C=N–C) groups is 1. The van der Waals surface area contributed by atoms with Crippen LogP contribution in [0.4, 0.5) is 8.78 Å². The number of alkyl halides is 2. The average Bonchev–Trinajstić information content (AvgIpc) is 2.71. The van der Waals surface area contributed by atoms with E-state index in [9.17, 15) is 13.6 Å². The minimum absolute atomic E-state index is 0.0268. The second kappa shape index (κ2) is 15.3. The van der Waals surface area contributed by atoms with E-state index in [4.69, 9.17) is 9.47 Å². The van der Waals surface area contributed by atoms with E-state index < -0.39 is 6.61 Å². The van der Waals surface area contributed by atoms with Crippen LogP contribution in [0.5, 0.6) is 11.5 Å². The fourth-order valence-corrected chi connectivity index (χ4v) is 2.78. The summed E-state index contributed by atoms with van der Waals surface area (Å²) in [6.45, 7) is 2.36. The van der Waals surface area contributed by atoms with E-state index in [-0.39, 0.29) is 24.0 Å². The number of unbranched alkanes of at least 4 members (excludes halogenated alkanes) is 3. The molecule has 0 saturated heterocycles. The molecule has 7 nitrogen and oxygen atoms in total. The first kappa shape index (κ1) is 25.5. The number of benzene rings is 1. The quantitative estimate of drug-likeness (QED) is 0.202. The molecule has 1 aromatic rings. The van der Waals surface area contributed by atoms with E-state index in [0.29, 0.717) is 37.7 Å². The van der Waals surface area contributed by atoms with Crippen LogP contribution in [0.2, 0.25) is 0 Å². The molecule has 1 rings (SSSR count). The van der Waals surface area contributed by atoms with Crippen molar-refractivity contribution < 1.29 is 27.8 Å². The molecule has 1 aromatic carbocycles. The minimum Gasteiger partial charge on any atom is -0.490 e. The summed E-state index contributed by atoms with van der Waals surface area (Å²) < 4.78 is 40.6. The second-order valence-corrected chi connectivity index (χ2v) is 6.38. The fraction of sp³-hybridized carbons (Fsp3) is 0.619. The molecule has 0 saturated carbocycles. The lowest BCUT2D eigenvalue weighted by Gasteiger charge is -2.17. The molecule has 0 bridgehead atoms. The monoisotopic (exact) mass is 429 g/mol. The van der Waals surface area contributed by atoms with Crippen molar-refractivity contribution in [1.82, 2.24) is 10.6 Å². The largest absolute Gasteiger partial charge is 0.490 e. The van der Waals surface area contributed by atoms with Crippen molar-refractivity contribution in [2.24, 2.45) is 4.99 Å². The molecule has 0 fully saturated rings. The molecule has 0 aliphatic rings. The summed E-state index contributed by atoms with van der Waals surface area (Å²) in [6.07, 6.45) is 4.11. The SMILES string of the molecule is CCOC(=O)CCCCCCNC(=NC)NCc1cccc(OCC)c1OC(F)F. The Bertz CT molecular complexity index is 657. The lowest BCUT2D eigenvalue weighted by Crippen LogP contribution is -2.37. The standard InChI is InChI=1S/C21H33F2N3O4/c1-4-28-17-12-10-11-16(19(17)30-20(22)23)15-26-21(24-3)25-14-9-7-6-8-13-18(27)29-5-2/h10-12,20H,4-9,13-15H2,1-3H3,(H2,24,25,26). The van der Waals surface area contributed by atoms with Crippen molar-refractivity contribution >= 4 is 11.9 Å². The number of hydrogen-bond donors (Lipinski definition) is 2. The molecule has 170 valence electrons. The Kier molecular flexibility index (Phi) is 13.0. The summed E-state index contributed by atoms with van der Waals surface area (Å²) in [4.78, 5) is 15.4. The van der Waals surface area contributed by atoms with Gasteiger partial charge in [0.2, 0.25) is 0 Å². The smallest absolute Gasteiger partial charge is 0.387 e. The zero-order valence-corrected chi connectivity index (χ0v) is 18.0. The van der Waals surface area contributed by atoms with Crippen LogP contribution in [0.3, 0.4) is 0 Å². The number of rotatable bonds is 14. The van der Waals surface area contributed by atoms with Gasteiger partial charge in [0.15, 0.2) is 17.5 Å². The number of guanidine groups is 1. The van der Waals surface area contributed by atoms with Gasteiger partial charge in [0.1, 0.15) is 0 Å². The van der Waals surface area contributed by atoms with E-state index in [0.717, 1.165) is 25.7 Å². The number of esters is 1. The van der Waals surface area contributed by atoms with Crippen LogP contribution < -0.4 is 20.1 Å². The Morgan fingerprint density at radius 3 is 2.53 bits per heavy atom. The zero-order chi connectivity index (χ0) is 22.2. The van der Waals surface area contributed by atoms with Crippen molar-refractivity contribution in [3.8, 4) is 11.5 Å². The first-order chi connectivity index (χ1) is 14.5. The normalized spacial score (nSPS) is 11.3. The third kappa shape index (κ3) is 10.3. The Morgan fingerprint density at radius 2 is 1.87 bits per heavy atom. The van der Waals surface area contributed by atoms with Crippen LogP contribution in [-0.2, 0) is 16.1 Å². The highest BCUT2D eigenvalue weighted by atomic mass is 19.3. The van der Waals surface area contributed by atoms with Crippen molar-refractivity contribution in [1.29, 1.82) is 0 Å². The van der Waals surface area contributed by atoms with Gasteiger partial charge in [-0.1, -0.05) is 25.0 Å². The molecule has 2 N–H and O–H groups in total. The molecule has 30 heavy (non-hydrogen) atoms. The molecule has 0 aliphatic heterocycles. The second-order valence-electron chi connectivity index (χ2n) is 6.38. The molecule has 0 aromatic heterocycles. The number of halogens is 2. The third-order valence-corrected chi connectivity index (χ3v) is 4.14. The average molecular weight is 430 g/mol. The Labute approximate surface area is 177 Å². The topological polar surface area (TPSA) is 81.2 Å². The molecule has 0 aliphatic carbocycles. The van der Waals surface area contributed by atoms with Gasteiger partial charge in [-0.15, -0.1) is 0 Å². The van der Waals surface area contributed by atoms with Crippen LogP contribution in [0.25, 0.3) is 0 Å². The van der Waals surface area contributed by atoms with Crippen LogP contribution in [0, 0.1) is 0 Å². The molecule has 0 unspecified atom stereocenters. The van der Waals surface area contributed by atoms with E-state index in [1.165, 1.54) is 0 Å². The highest BCUT2D eigenvalue weighted by molar-refractivity contribution is 5.79. The third-order valence-electron chi connectivity index (χ3n) is 4.14. The predicted octanol–water partition coefficient (Wildman–Crippen LogP) is 3.87. The summed E-state index contributed by atoms with van der Waals surface area (Å²) in [5.41, 5.74) is 0.545. The maximum Gasteiger partial charge on any atom is 0.387 e. The molecular formula is C21H33F2N3O4. The summed E-state index contributed by atoms with van der Waals surface area (Å²) >= 11 is 0. The number of ether oxygens (including phenoxy) is 3. The van der Waals surface area contributed by atoms with Gasteiger partial charge in [-0.3, -0.25) is 9.79 Å². The molecule has 9 heteroatoms. The molecule has 0 amide bonds. The Hall–Kier alpha value is -2.58. The van der Waals surface area contributed by atoms with Crippen LogP contribution in [0.1, 0.15) is 51.5 Å². The number of carbonyl (C=O) groups excluding carboxylic acids is 1. The first-order valence-corrected chi connectivity index (χ1v) is 10.3. The van der Waals surface area contributed by atoms with Gasteiger partial charge in [0, 0.05) is 32.1 Å². The van der Waals surface area contributed by atoms with Gasteiger partial charge in [0.05, 0.1) is 13.2 Å². The zero-order valence-electron chi connectivity index (χ0n) is 18.0. The van der Waals surface area contributed by atoms with Gasteiger partial charge in [-0.25, -0.2) is 0 Å². The number of hydrogen-bond acceptors (Lipinski definition) is 5. The van der Waals surface area contributed by atoms with E-state index >= 15 is 0 Å². The van der Waals surface area contributed by atoms with Crippen molar-refractivity contribution in [2.45, 2.75) is 59.1 Å². The van der Waals surface area contributed by atoms with Crippen LogP contribution in [0.15, 0.2) is 23.2 Å². The van der Waals surface area contributed by atoms with Crippen molar-refractivity contribution in [3.05, 3.63) is 23.8 Å². The minimum atomic E-state index is -2.94. The summed E-state index contributed by atoms with van der Waals surface area (Å²) in [7, 11) is 1.64. The van der Waals surface area contributed by atoms with Crippen LogP contribution >= 0.6 is 0 Å². The van der Waals surface area contributed by atoms with Gasteiger partial charge in [0.25, 0.3) is 0 Å². The summed E-state index contributed by atoms with van der Waals surface area (Å²) in [5.74, 6) is 0.719. The summed E-state index contributed by atoms with van der Waals surface area (Å²) in [5, 5.41) is 6.28. The molecule has 0 heterocycles. The fourth-order valence-electron chi connectivity index (χ4n) is 2.78. The molecule has 0 radical (unpaired) electrons. The summed E-state index contributed by atoms with van der Waals surface area (Å²) in [6, 6.07) is 5.02. The lowest BCUT2D eigenvalue weighted by atomic mass is 10.1. The van der Waals surface area contributed by atoms with E-state index in [2.05, 4.69) is 20.4 Å². The number of carbonyl (C=O) groups is 1. The highest BCUT2D eigenvalue weighted by Gasteiger charge is 2.16. The Morgan fingerprint density at radius 1 is 1.10 bits per heavy atom. The van der Waals surface area contributed by atoms with Gasteiger partial charge in [-0.05, 0) is 32.8 Å². The van der Waals surface area contributed by atoms with Crippen molar-refractivity contribution in [2.75, 3.05) is 26.8 Å². The van der Waals surface area contributed by atoms with Gasteiger partial charge in [-0.2, -0.15) is 8.78 Å². The maximum atomic E-state index is 12.8. The van der Waals surface area contributed by atoms with Gasteiger partial charge >= 0.3 is 12.6 Å². The first-order valence-electron chi connectivity index (χ1n) is 10.3.